The molecule has 1 aliphatic heterocycles. The summed E-state index contributed by atoms with van der Waals surface area (Å²) in [5, 5.41) is 0. The maximum atomic E-state index is 6.30. The van der Waals surface area contributed by atoms with E-state index in [9.17, 15) is 0 Å². The molecule has 4 rings (SSSR count). The molecule has 0 unspecified atom stereocenters. The van der Waals surface area contributed by atoms with E-state index in [0.717, 1.165) is 25.6 Å². The minimum absolute atomic E-state index is 0.0866. The third-order valence-electron chi connectivity index (χ3n) is 4.43. The fourth-order valence-corrected chi connectivity index (χ4v) is 4.46. The van der Waals surface area contributed by atoms with Crippen molar-refractivity contribution in [2.45, 2.75) is 18.3 Å². The number of ether oxygens (including phenoxy) is 2. The van der Waals surface area contributed by atoms with Crippen molar-refractivity contribution in [1.82, 2.24) is 0 Å². The van der Waals surface area contributed by atoms with Crippen LogP contribution in [0.1, 0.15) is 28.9 Å². The Bertz CT molecular complexity index is 808. The predicted molar refractivity (Wildman–Crippen MR) is 110 cm³/mol. The van der Waals surface area contributed by atoms with Crippen molar-refractivity contribution in [2.75, 3.05) is 6.61 Å². The molecule has 0 N–H and O–H groups in total. The van der Waals surface area contributed by atoms with E-state index < -0.39 is 0 Å². The zero-order chi connectivity index (χ0) is 17.9. The summed E-state index contributed by atoms with van der Waals surface area (Å²) in [4.78, 5) is 0. The van der Waals surface area contributed by atoms with Gasteiger partial charge in [0.05, 0.1) is 6.61 Å². The van der Waals surface area contributed by atoms with Crippen LogP contribution in [0.25, 0.3) is 0 Å². The van der Waals surface area contributed by atoms with Crippen molar-refractivity contribution in [3.05, 3.63) is 104 Å². The van der Waals surface area contributed by atoms with E-state index in [1.165, 1.54) is 0 Å². The van der Waals surface area contributed by atoms with E-state index in [1.807, 2.05) is 42.5 Å². The largest absolute Gasteiger partial charge is 0.366 e. The molecule has 1 fully saturated rings. The second-order valence-electron chi connectivity index (χ2n) is 6.33. The first-order chi connectivity index (χ1) is 12.7. The van der Waals surface area contributed by atoms with Crippen molar-refractivity contribution in [1.29, 1.82) is 0 Å². The molecule has 0 aromatic heterocycles. The van der Waals surface area contributed by atoms with E-state index in [-0.39, 0.29) is 18.3 Å². The van der Waals surface area contributed by atoms with Crippen molar-refractivity contribution in [3.63, 3.8) is 0 Å². The zero-order valence-electron chi connectivity index (χ0n) is 14.0. The van der Waals surface area contributed by atoms with Gasteiger partial charge >= 0.3 is 0 Å². The Morgan fingerprint density at radius 2 is 1.35 bits per heavy atom. The van der Waals surface area contributed by atoms with Crippen LogP contribution in [-0.2, 0) is 9.47 Å². The molecule has 2 atom stereocenters. The summed E-state index contributed by atoms with van der Waals surface area (Å²) in [6.45, 7) is 0.559. The molecule has 26 heavy (non-hydrogen) atoms. The molecular formula is C22H18Br2O2. The Hall–Kier alpha value is -1.46. The average molecular weight is 474 g/mol. The van der Waals surface area contributed by atoms with Gasteiger partial charge < -0.3 is 9.47 Å². The standard InChI is InChI=1S/C22H18Br2O2/c23-18-11-17(12-19(24)13-18)22-20(26-22)14-25-21(15-7-3-1-4-8-15)16-9-5-2-6-10-16/h1-13,20-22H,14H2/t20-,22+/m0/s1. The van der Waals surface area contributed by atoms with Crippen LogP contribution in [0.3, 0.4) is 0 Å². The van der Waals surface area contributed by atoms with Crippen molar-refractivity contribution >= 4 is 31.9 Å². The first kappa shape index (κ1) is 17.9. The van der Waals surface area contributed by atoms with Gasteiger partial charge in [-0.25, -0.2) is 0 Å². The summed E-state index contributed by atoms with van der Waals surface area (Å²) in [5.74, 6) is 0. The Morgan fingerprint density at radius 1 is 0.808 bits per heavy atom. The quantitative estimate of drug-likeness (QED) is 0.383. The van der Waals surface area contributed by atoms with Gasteiger partial charge in [0.15, 0.2) is 0 Å². The fraction of sp³-hybridized carbons (Fsp3) is 0.182. The van der Waals surface area contributed by atoms with E-state index in [0.29, 0.717) is 6.61 Å². The molecule has 1 aliphatic rings. The number of halogens is 2. The van der Waals surface area contributed by atoms with E-state index in [2.05, 4.69) is 68.3 Å². The maximum absolute atomic E-state index is 6.30. The predicted octanol–water partition coefficient (Wildman–Crippen LogP) is 6.46. The van der Waals surface area contributed by atoms with Crippen LogP contribution in [0.2, 0.25) is 0 Å². The molecule has 2 nitrogen and oxygen atoms in total. The highest BCUT2D eigenvalue weighted by atomic mass is 79.9. The van der Waals surface area contributed by atoms with E-state index in [1.54, 1.807) is 0 Å². The third kappa shape index (κ3) is 4.26. The molecule has 0 radical (unpaired) electrons. The monoisotopic (exact) mass is 472 g/mol. The van der Waals surface area contributed by atoms with Gasteiger partial charge in [0, 0.05) is 8.95 Å². The van der Waals surface area contributed by atoms with Gasteiger partial charge in [-0.2, -0.15) is 0 Å². The lowest BCUT2D eigenvalue weighted by atomic mass is 10.0. The normalized spacial score (nSPS) is 18.9. The van der Waals surface area contributed by atoms with Gasteiger partial charge in [0.1, 0.15) is 18.3 Å². The van der Waals surface area contributed by atoms with Gasteiger partial charge in [0.25, 0.3) is 0 Å². The second-order valence-corrected chi connectivity index (χ2v) is 8.16. The number of hydrogen-bond acceptors (Lipinski definition) is 2. The van der Waals surface area contributed by atoms with Crippen molar-refractivity contribution in [3.8, 4) is 0 Å². The highest BCUT2D eigenvalue weighted by Gasteiger charge is 2.41. The van der Waals surface area contributed by atoms with E-state index in [4.69, 9.17) is 9.47 Å². The van der Waals surface area contributed by atoms with Gasteiger partial charge in [-0.1, -0.05) is 92.5 Å². The molecule has 1 saturated heterocycles. The smallest absolute Gasteiger partial charge is 0.112 e. The zero-order valence-corrected chi connectivity index (χ0v) is 17.2. The van der Waals surface area contributed by atoms with Crippen LogP contribution in [-0.4, -0.2) is 12.7 Å². The Morgan fingerprint density at radius 3 is 1.88 bits per heavy atom. The van der Waals surface area contributed by atoms with Crippen LogP contribution in [0.5, 0.6) is 0 Å². The molecule has 0 spiro atoms. The summed E-state index contributed by atoms with van der Waals surface area (Å²) in [6, 6.07) is 26.9. The average Bonchev–Trinajstić information content (AvgIpc) is 3.43. The minimum atomic E-state index is -0.0866. The van der Waals surface area contributed by atoms with Crippen LogP contribution >= 0.6 is 31.9 Å². The van der Waals surface area contributed by atoms with Gasteiger partial charge in [-0.3, -0.25) is 0 Å². The number of epoxide rings is 1. The third-order valence-corrected chi connectivity index (χ3v) is 5.34. The summed E-state index contributed by atoms with van der Waals surface area (Å²) in [5.41, 5.74) is 3.47. The fourth-order valence-electron chi connectivity index (χ4n) is 3.13. The molecule has 3 aromatic rings. The van der Waals surface area contributed by atoms with Gasteiger partial charge in [-0.15, -0.1) is 0 Å². The summed E-state index contributed by atoms with van der Waals surface area (Å²) in [6.07, 6.45) is 0.0959. The first-order valence-electron chi connectivity index (χ1n) is 8.53. The van der Waals surface area contributed by atoms with Crippen molar-refractivity contribution < 1.29 is 9.47 Å². The maximum Gasteiger partial charge on any atom is 0.112 e. The molecule has 0 amide bonds. The Balaban J connectivity index is 1.46. The highest BCUT2D eigenvalue weighted by molar-refractivity contribution is 9.11. The SMILES string of the molecule is Brc1cc(Br)cc([C@H]2O[C@H]2COC(c2ccccc2)c2ccccc2)c1. The van der Waals surface area contributed by atoms with Crippen LogP contribution < -0.4 is 0 Å². The first-order valence-corrected chi connectivity index (χ1v) is 10.1. The summed E-state index contributed by atoms with van der Waals surface area (Å²) in [7, 11) is 0. The molecule has 0 saturated carbocycles. The van der Waals surface area contributed by atoms with Crippen molar-refractivity contribution in [2.24, 2.45) is 0 Å². The molecule has 3 aromatic carbocycles. The molecule has 1 heterocycles. The molecule has 0 aliphatic carbocycles. The Labute approximate surface area is 170 Å². The molecule has 0 bridgehead atoms. The number of rotatable bonds is 6. The van der Waals surface area contributed by atoms with Crippen LogP contribution in [0.4, 0.5) is 0 Å². The minimum Gasteiger partial charge on any atom is -0.366 e. The molecule has 132 valence electrons. The topological polar surface area (TPSA) is 21.8 Å². The van der Waals surface area contributed by atoms with E-state index >= 15 is 0 Å². The Kier molecular flexibility index (Phi) is 5.55. The summed E-state index contributed by atoms with van der Waals surface area (Å²) >= 11 is 7.07. The highest BCUT2D eigenvalue weighted by Crippen LogP contribution is 2.41. The van der Waals surface area contributed by atoms with Gasteiger partial charge in [-0.05, 0) is 34.9 Å². The number of benzene rings is 3. The lowest BCUT2D eigenvalue weighted by Crippen LogP contribution is -2.11. The summed E-state index contributed by atoms with van der Waals surface area (Å²) < 4.78 is 14.3. The van der Waals surface area contributed by atoms with Gasteiger partial charge in [0.2, 0.25) is 0 Å². The lowest BCUT2D eigenvalue weighted by Gasteiger charge is -2.18. The molecular weight excluding hydrogens is 456 g/mol. The number of hydrogen-bond donors (Lipinski definition) is 0. The second kappa shape index (κ2) is 8.05. The van der Waals surface area contributed by atoms with Crippen LogP contribution in [0.15, 0.2) is 87.8 Å². The molecule has 4 heteroatoms. The lowest BCUT2D eigenvalue weighted by molar-refractivity contribution is 0.0672. The van der Waals surface area contributed by atoms with Crippen LogP contribution in [0, 0.1) is 0 Å².